The standard InChI is InChI=1S/C22H26FN5/c23-19-10-8-18(9-11-19)21(17-5-2-1-3-6-17)12-14-28(22(24)25)13-4-7-20-15-26-16-27-20/h1-3,5-6,8-11,15-16,21H,4,7,12-14H2,(H3,24,25)(H,26,27). The molecule has 0 aliphatic rings. The Bertz CT molecular complexity index is 846. The summed E-state index contributed by atoms with van der Waals surface area (Å²) in [6, 6.07) is 16.9. The lowest BCUT2D eigenvalue weighted by molar-refractivity contribution is 0.387. The van der Waals surface area contributed by atoms with Gasteiger partial charge in [-0.15, -0.1) is 0 Å². The Hall–Kier alpha value is -3.15. The van der Waals surface area contributed by atoms with Gasteiger partial charge in [0.2, 0.25) is 0 Å². The molecule has 6 heteroatoms. The SMILES string of the molecule is N=C(N)N(CCCc1c[nH]cn1)CCC(c1ccccc1)c1ccc(F)cc1. The normalized spacial score (nSPS) is 11.9. The summed E-state index contributed by atoms with van der Waals surface area (Å²) in [4.78, 5) is 9.08. The Kier molecular flexibility index (Phi) is 6.78. The summed E-state index contributed by atoms with van der Waals surface area (Å²) in [6.07, 6.45) is 6.06. The third-order valence-electron chi connectivity index (χ3n) is 4.92. The van der Waals surface area contributed by atoms with Gasteiger partial charge >= 0.3 is 0 Å². The first-order valence-electron chi connectivity index (χ1n) is 9.50. The molecule has 0 saturated heterocycles. The molecule has 3 aromatic rings. The molecular formula is C22H26FN5. The monoisotopic (exact) mass is 379 g/mol. The lowest BCUT2D eigenvalue weighted by Crippen LogP contribution is -2.38. The molecule has 2 aromatic carbocycles. The van der Waals surface area contributed by atoms with Crippen molar-refractivity contribution in [3.8, 4) is 0 Å². The average molecular weight is 379 g/mol. The fraction of sp³-hybridized carbons (Fsp3) is 0.273. The number of imidazole rings is 1. The predicted molar refractivity (Wildman–Crippen MR) is 110 cm³/mol. The van der Waals surface area contributed by atoms with E-state index in [1.807, 2.05) is 41.4 Å². The zero-order valence-electron chi connectivity index (χ0n) is 15.8. The number of nitrogens with zero attached hydrogens (tertiary/aromatic N) is 2. The maximum absolute atomic E-state index is 13.4. The van der Waals surface area contributed by atoms with Crippen LogP contribution >= 0.6 is 0 Å². The summed E-state index contributed by atoms with van der Waals surface area (Å²) < 4.78 is 13.4. The van der Waals surface area contributed by atoms with E-state index in [-0.39, 0.29) is 17.7 Å². The minimum atomic E-state index is -0.237. The van der Waals surface area contributed by atoms with E-state index in [1.54, 1.807) is 6.33 Å². The number of hydrogen-bond acceptors (Lipinski definition) is 2. The third kappa shape index (κ3) is 5.42. The zero-order valence-corrected chi connectivity index (χ0v) is 15.8. The molecule has 146 valence electrons. The second kappa shape index (κ2) is 9.69. The molecule has 1 aromatic heterocycles. The number of aromatic nitrogens is 2. The van der Waals surface area contributed by atoms with Gasteiger partial charge in [0.05, 0.1) is 12.0 Å². The van der Waals surface area contributed by atoms with Crippen LogP contribution in [0.1, 0.15) is 35.6 Å². The van der Waals surface area contributed by atoms with Crippen LogP contribution in [0.25, 0.3) is 0 Å². The maximum Gasteiger partial charge on any atom is 0.188 e. The number of guanidine groups is 1. The van der Waals surface area contributed by atoms with Crippen molar-refractivity contribution in [3.05, 3.63) is 89.8 Å². The van der Waals surface area contributed by atoms with Crippen molar-refractivity contribution in [1.29, 1.82) is 5.41 Å². The van der Waals surface area contributed by atoms with Gasteiger partial charge in [-0.25, -0.2) is 9.37 Å². The van der Waals surface area contributed by atoms with Gasteiger partial charge in [-0.3, -0.25) is 5.41 Å². The van der Waals surface area contributed by atoms with Gasteiger partial charge < -0.3 is 15.6 Å². The number of H-pyrrole nitrogens is 1. The molecule has 4 N–H and O–H groups in total. The van der Waals surface area contributed by atoms with Crippen LogP contribution < -0.4 is 5.73 Å². The molecule has 28 heavy (non-hydrogen) atoms. The molecular weight excluding hydrogens is 353 g/mol. The highest BCUT2D eigenvalue weighted by molar-refractivity contribution is 5.74. The fourth-order valence-electron chi connectivity index (χ4n) is 3.42. The van der Waals surface area contributed by atoms with E-state index in [0.717, 1.165) is 30.5 Å². The van der Waals surface area contributed by atoms with Crippen LogP contribution in [0.4, 0.5) is 4.39 Å². The molecule has 0 fully saturated rings. The summed E-state index contributed by atoms with van der Waals surface area (Å²) in [5, 5.41) is 7.92. The van der Waals surface area contributed by atoms with Crippen molar-refractivity contribution in [3.63, 3.8) is 0 Å². The molecule has 1 heterocycles. The number of rotatable bonds is 9. The van der Waals surface area contributed by atoms with Gasteiger partial charge in [0, 0.05) is 25.2 Å². The van der Waals surface area contributed by atoms with E-state index in [2.05, 4.69) is 22.1 Å². The first-order chi connectivity index (χ1) is 13.6. The Morgan fingerprint density at radius 3 is 2.43 bits per heavy atom. The van der Waals surface area contributed by atoms with Crippen LogP contribution in [0.5, 0.6) is 0 Å². The summed E-state index contributed by atoms with van der Waals surface area (Å²) in [5.74, 6) is -0.0396. The number of aromatic amines is 1. The van der Waals surface area contributed by atoms with Gasteiger partial charge in [-0.05, 0) is 42.5 Å². The Morgan fingerprint density at radius 1 is 1.07 bits per heavy atom. The zero-order chi connectivity index (χ0) is 19.8. The Labute approximate surface area is 164 Å². The number of aryl methyl sites for hydroxylation is 1. The van der Waals surface area contributed by atoms with Crippen molar-refractivity contribution >= 4 is 5.96 Å². The Morgan fingerprint density at radius 2 is 1.79 bits per heavy atom. The van der Waals surface area contributed by atoms with Crippen LogP contribution in [-0.2, 0) is 6.42 Å². The quantitative estimate of drug-likeness (QED) is 0.390. The number of halogens is 1. The number of hydrogen-bond donors (Lipinski definition) is 3. The summed E-state index contributed by atoms with van der Waals surface area (Å²) >= 11 is 0. The molecule has 0 saturated carbocycles. The molecule has 1 unspecified atom stereocenters. The van der Waals surface area contributed by atoms with Gasteiger partial charge in [-0.1, -0.05) is 42.5 Å². The van der Waals surface area contributed by atoms with E-state index in [9.17, 15) is 4.39 Å². The summed E-state index contributed by atoms with van der Waals surface area (Å²) in [7, 11) is 0. The number of nitrogens with one attached hydrogen (secondary N) is 2. The van der Waals surface area contributed by atoms with Crippen LogP contribution in [0.2, 0.25) is 0 Å². The smallest absolute Gasteiger partial charge is 0.188 e. The summed E-state index contributed by atoms with van der Waals surface area (Å²) in [5.41, 5.74) is 9.07. The van der Waals surface area contributed by atoms with Crippen molar-refractivity contribution < 1.29 is 4.39 Å². The van der Waals surface area contributed by atoms with E-state index in [4.69, 9.17) is 11.1 Å². The average Bonchev–Trinajstić information content (AvgIpc) is 3.22. The molecule has 0 radical (unpaired) electrons. The second-order valence-corrected chi connectivity index (χ2v) is 6.84. The van der Waals surface area contributed by atoms with E-state index in [0.29, 0.717) is 13.1 Å². The van der Waals surface area contributed by atoms with Crippen LogP contribution in [0.15, 0.2) is 67.1 Å². The largest absolute Gasteiger partial charge is 0.370 e. The van der Waals surface area contributed by atoms with Crippen molar-refractivity contribution in [2.75, 3.05) is 13.1 Å². The van der Waals surface area contributed by atoms with Gasteiger partial charge in [0.25, 0.3) is 0 Å². The van der Waals surface area contributed by atoms with Crippen molar-refractivity contribution in [1.82, 2.24) is 14.9 Å². The first kappa shape index (κ1) is 19.6. The van der Waals surface area contributed by atoms with E-state index >= 15 is 0 Å². The van der Waals surface area contributed by atoms with E-state index < -0.39 is 0 Å². The topological polar surface area (TPSA) is 81.8 Å². The van der Waals surface area contributed by atoms with Gasteiger partial charge in [-0.2, -0.15) is 0 Å². The highest BCUT2D eigenvalue weighted by atomic mass is 19.1. The molecule has 0 amide bonds. The molecule has 0 aliphatic carbocycles. The van der Waals surface area contributed by atoms with E-state index in [1.165, 1.54) is 17.7 Å². The minimum Gasteiger partial charge on any atom is -0.370 e. The highest BCUT2D eigenvalue weighted by Crippen LogP contribution is 2.28. The second-order valence-electron chi connectivity index (χ2n) is 6.84. The van der Waals surface area contributed by atoms with Crippen LogP contribution in [0, 0.1) is 11.2 Å². The maximum atomic E-state index is 13.4. The lowest BCUT2D eigenvalue weighted by Gasteiger charge is -2.26. The minimum absolute atomic E-state index is 0.0768. The molecule has 5 nitrogen and oxygen atoms in total. The van der Waals surface area contributed by atoms with Crippen molar-refractivity contribution in [2.45, 2.75) is 25.2 Å². The lowest BCUT2D eigenvalue weighted by atomic mass is 9.88. The molecule has 0 aliphatic heterocycles. The van der Waals surface area contributed by atoms with Gasteiger partial charge in [0.15, 0.2) is 5.96 Å². The Balaban J connectivity index is 1.66. The molecule has 1 atom stereocenters. The highest BCUT2D eigenvalue weighted by Gasteiger charge is 2.17. The molecule has 0 spiro atoms. The number of nitrogens with two attached hydrogens (primary N) is 1. The van der Waals surface area contributed by atoms with Crippen molar-refractivity contribution in [2.24, 2.45) is 5.73 Å². The van der Waals surface area contributed by atoms with Gasteiger partial charge in [0.1, 0.15) is 5.82 Å². The molecule has 0 bridgehead atoms. The molecule has 3 rings (SSSR count). The third-order valence-corrected chi connectivity index (χ3v) is 4.92. The van der Waals surface area contributed by atoms with Crippen LogP contribution in [-0.4, -0.2) is 33.9 Å². The fourth-order valence-corrected chi connectivity index (χ4v) is 3.42. The summed E-state index contributed by atoms with van der Waals surface area (Å²) in [6.45, 7) is 1.36. The first-order valence-corrected chi connectivity index (χ1v) is 9.50. The number of benzene rings is 2. The van der Waals surface area contributed by atoms with Crippen LogP contribution in [0.3, 0.4) is 0 Å². The predicted octanol–water partition coefficient (Wildman–Crippen LogP) is 3.90.